The smallest absolute Gasteiger partial charge is 0.0433 e. The molecule has 4 heteroatoms. The molecule has 0 amide bonds. The Morgan fingerprint density at radius 2 is 1.70 bits per heavy atom. The monoisotopic (exact) mass is 426 g/mol. The van der Waals surface area contributed by atoms with Crippen LogP contribution in [0.2, 0.25) is 0 Å². The maximum atomic E-state index is 8.47. The zero-order valence-corrected chi connectivity index (χ0v) is 17.2. The number of halogens is 2. The molecule has 3 aromatic rings. The Morgan fingerprint density at radius 1 is 1.00 bits per heavy atom. The third-order valence-electron chi connectivity index (χ3n) is 2.90. The van der Waals surface area contributed by atoms with Gasteiger partial charge in [0.15, 0.2) is 0 Å². The van der Waals surface area contributed by atoms with E-state index in [2.05, 4.69) is 58.3 Å². The first-order chi connectivity index (χ1) is 10.3. The molecule has 1 N–H and O–H groups in total. The average molecular weight is 429 g/mol. The van der Waals surface area contributed by atoms with Gasteiger partial charge in [0.2, 0.25) is 0 Å². The third-order valence-corrected chi connectivity index (χ3v) is 2.90. The predicted octanol–water partition coefficient (Wildman–Crippen LogP) is -1.75. The minimum atomic E-state index is 0. The normalized spacial score (nSPS) is 8.52. The molecule has 0 aliphatic heterocycles. The van der Waals surface area contributed by atoms with Crippen molar-refractivity contribution in [1.29, 1.82) is 0 Å². The van der Waals surface area contributed by atoms with Gasteiger partial charge in [-0.15, -0.1) is 29.7 Å². The fraction of sp³-hybridized carbons (Fsp3) is 0.211. The summed E-state index contributed by atoms with van der Waals surface area (Å²) in [5.74, 6) is 0. The molecule has 0 saturated carbocycles. The molecule has 0 spiro atoms. The van der Waals surface area contributed by atoms with Gasteiger partial charge in [0.05, 0.1) is 0 Å². The molecule has 0 heterocycles. The molecule has 3 rings (SSSR count). The van der Waals surface area contributed by atoms with E-state index >= 15 is 0 Å². The van der Waals surface area contributed by atoms with Crippen molar-refractivity contribution in [2.75, 3.05) is 6.61 Å². The Balaban J connectivity index is 0. The molecule has 23 heavy (non-hydrogen) atoms. The van der Waals surface area contributed by atoms with Crippen LogP contribution >= 0.6 is 0 Å². The van der Waals surface area contributed by atoms with Gasteiger partial charge in [-0.25, -0.2) is 12.1 Å². The fourth-order valence-corrected chi connectivity index (χ4v) is 1.93. The number of aliphatic hydroxyl groups is 1. The summed E-state index contributed by atoms with van der Waals surface area (Å²) >= 11 is 1.51. The third kappa shape index (κ3) is 10.8. The SMILES string of the molecule is C[CH]=[Zr+2].OCCCc1ccc[cH-]1.[Cl-].[Cl-].c1ccc2[cH-]ccc2c1. The van der Waals surface area contributed by atoms with E-state index in [-0.39, 0.29) is 24.8 Å². The van der Waals surface area contributed by atoms with Gasteiger partial charge in [-0.2, -0.15) is 35.2 Å². The van der Waals surface area contributed by atoms with Crippen molar-refractivity contribution in [3.05, 3.63) is 72.3 Å². The van der Waals surface area contributed by atoms with Crippen molar-refractivity contribution in [2.45, 2.75) is 19.8 Å². The summed E-state index contributed by atoms with van der Waals surface area (Å²) in [5, 5.41) is 11.1. The Morgan fingerprint density at radius 3 is 2.26 bits per heavy atom. The Bertz CT molecular complexity index is 572. The molecule has 0 aromatic heterocycles. The van der Waals surface area contributed by atoms with Crippen LogP contribution in [0, 0.1) is 0 Å². The van der Waals surface area contributed by atoms with E-state index in [4.69, 9.17) is 5.11 Å². The van der Waals surface area contributed by atoms with Crippen molar-refractivity contribution < 1.29 is 54.2 Å². The molecule has 0 bridgehead atoms. The zero-order valence-electron chi connectivity index (χ0n) is 13.3. The number of benzene rings is 1. The molecule has 0 fully saturated rings. The van der Waals surface area contributed by atoms with Gasteiger partial charge in [0.1, 0.15) is 0 Å². The van der Waals surface area contributed by atoms with Crippen molar-refractivity contribution in [2.24, 2.45) is 0 Å². The molecule has 0 aliphatic carbocycles. The van der Waals surface area contributed by atoms with E-state index in [0.29, 0.717) is 6.61 Å². The van der Waals surface area contributed by atoms with E-state index in [1.165, 1.54) is 40.6 Å². The van der Waals surface area contributed by atoms with Crippen LogP contribution in [0.1, 0.15) is 18.9 Å². The Hall–Kier alpha value is -0.527. The summed E-state index contributed by atoms with van der Waals surface area (Å²) in [6, 6.07) is 22.9. The van der Waals surface area contributed by atoms with Gasteiger partial charge in [-0.1, -0.05) is 6.07 Å². The van der Waals surface area contributed by atoms with Gasteiger partial charge in [0.25, 0.3) is 0 Å². The van der Waals surface area contributed by atoms with E-state index in [9.17, 15) is 0 Å². The van der Waals surface area contributed by atoms with Crippen LogP contribution in [0.25, 0.3) is 10.8 Å². The van der Waals surface area contributed by atoms with Crippen molar-refractivity contribution >= 4 is 14.5 Å². The molecular formula is C19H22Cl2OZr-2. The standard InChI is InChI=1S/C9H7.C8H11O.C2H4.2ClH.Zr/c1-2-5-9-7-3-6-8(9)4-1;9-7-3-6-8-4-1-2-5-8;1-2;;;/h1-7H;1-2,4-5,9H,3,6-7H2;1H,2H3;2*1H;/q2*-1;;;;+2/p-2. The fourth-order valence-electron chi connectivity index (χ4n) is 1.93. The molecular weight excluding hydrogens is 406 g/mol. The van der Waals surface area contributed by atoms with Crippen LogP contribution < -0.4 is 24.8 Å². The van der Waals surface area contributed by atoms with Crippen molar-refractivity contribution in [3.63, 3.8) is 0 Å². The summed E-state index contributed by atoms with van der Waals surface area (Å²) in [7, 11) is 0. The minimum absolute atomic E-state index is 0. The van der Waals surface area contributed by atoms with Crippen LogP contribution in [0.5, 0.6) is 0 Å². The second kappa shape index (κ2) is 16.3. The second-order valence-corrected chi connectivity index (χ2v) is 5.98. The largest absolute Gasteiger partial charge is 1.00 e. The number of hydrogen-bond acceptors (Lipinski definition) is 1. The molecule has 0 atom stereocenters. The van der Waals surface area contributed by atoms with Gasteiger partial charge < -0.3 is 29.9 Å². The first kappa shape index (κ1) is 24.7. The maximum absolute atomic E-state index is 8.47. The number of aryl methyl sites for hydroxylation is 1. The number of aliphatic hydroxyl groups excluding tert-OH is 1. The van der Waals surface area contributed by atoms with E-state index in [0.717, 1.165) is 12.8 Å². The van der Waals surface area contributed by atoms with Gasteiger partial charge in [-0.3, -0.25) is 0 Å². The quantitative estimate of drug-likeness (QED) is 0.491. The number of rotatable bonds is 3. The second-order valence-electron chi connectivity index (χ2n) is 4.56. The molecule has 0 unspecified atom stereocenters. The summed E-state index contributed by atoms with van der Waals surface area (Å²) in [6.07, 6.45) is 1.88. The van der Waals surface area contributed by atoms with Gasteiger partial charge in [-0.05, 0) is 12.8 Å². The molecule has 1 nitrogen and oxygen atoms in total. The van der Waals surface area contributed by atoms with E-state index in [1.54, 1.807) is 0 Å². The molecule has 0 saturated heterocycles. The molecule has 0 radical (unpaired) electrons. The van der Waals surface area contributed by atoms with Crippen LogP contribution in [-0.4, -0.2) is 15.4 Å². The van der Waals surface area contributed by atoms with Crippen molar-refractivity contribution in [3.8, 4) is 0 Å². The number of hydrogen-bond donors (Lipinski definition) is 1. The summed E-state index contributed by atoms with van der Waals surface area (Å²) < 4.78 is 2.09. The molecule has 124 valence electrons. The minimum Gasteiger partial charge on any atom is -1.00 e. The van der Waals surface area contributed by atoms with Crippen LogP contribution in [0.15, 0.2) is 66.7 Å². The number of fused-ring (bicyclic) bond motifs is 1. The van der Waals surface area contributed by atoms with Crippen LogP contribution in [0.3, 0.4) is 0 Å². The van der Waals surface area contributed by atoms with E-state index in [1.807, 2.05) is 19.1 Å². The van der Waals surface area contributed by atoms with Gasteiger partial charge in [0, 0.05) is 6.61 Å². The van der Waals surface area contributed by atoms with Gasteiger partial charge >= 0.3 is 34.9 Å². The maximum Gasteiger partial charge on any atom is 0.0433 e. The first-order valence-electron chi connectivity index (χ1n) is 7.18. The first-order valence-corrected chi connectivity index (χ1v) is 8.60. The van der Waals surface area contributed by atoms with E-state index < -0.39 is 0 Å². The Kier molecular flexibility index (Phi) is 17.6. The van der Waals surface area contributed by atoms with Crippen LogP contribution in [0.4, 0.5) is 0 Å². The zero-order chi connectivity index (χ0) is 15.3. The Labute approximate surface area is 166 Å². The average Bonchev–Trinajstić information content (AvgIpc) is 3.18. The summed E-state index contributed by atoms with van der Waals surface area (Å²) in [5.41, 5.74) is 1.32. The van der Waals surface area contributed by atoms with Crippen molar-refractivity contribution in [1.82, 2.24) is 0 Å². The predicted molar refractivity (Wildman–Crippen MR) is 88.7 cm³/mol. The molecule has 0 aliphatic rings. The summed E-state index contributed by atoms with van der Waals surface area (Å²) in [4.78, 5) is 0. The summed E-state index contributed by atoms with van der Waals surface area (Å²) in [6.45, 7) is 2.34. The molecule has 3 aromatic carbocycles. The van der Waals surface area contributed by atoms with Crippen LogP contribution in [-0.2, 0) is 30.7 Å². The topological polar surface area (TPSA) is 20.2 Å².